The SMILES string of the molecule is CCCCC1OC2(C)C[C@]1(C)CCC2C. The Balaban J connectivity index is 2.09. The zero-order valence-electron chi connectivity index (χ0n) is 10.8. The molecule has 0 N–H and O–H groups in total. The van der Waals surface area contributed by atoms with Crippen molar-refractivity contribution in [2.24, 2.45) is 11.3 Å². The number of ether oxygens (including phenoxy) is 1. The summed E-state index contributed by atoms with van der Waals surface area (Å²) < 4.78 is 6.39. The van der Waals surface area contributed by atoms with E-state index in [4.69, 9.17) is 4.74 Å². The maximum Gasteiger partial charge on any atom is 0.0690 e. The Morgan fingerprint density at radius 2 is 2.07 bits per heavy atom. The molecule has 3 unspecified atom stereocenters. The largest absolute Gasteiger partial charge is 0.371 e. The highest BCUT2D eigenvalue weighted by Gasteiger charge is 2.55. The molecule has 0 spiro atoms. The summed E-state index contributed by atoms with van der Waals surface area (Å²) in [6, 6.07) is 0. The van der Waals surface area contributed by atoms with Crippen molar-refractivity contribution in [3.63, 3.8) is 0 Å². The van der Waals surface area contributed by atoms with Gasteiger partial charge in [0, 0.05) is 0 Å². The van der Waals surface area contributed by atoms with Gasteiger partial charge in [-0.2, -0.15) is 0 Å². The minimum absolute atomic E-state index is 0.186. The predicted molar refractivity (Wildman–Crippen MR) is 63.9 cm³/mol. The average Bonchev–Trinajstić information content (AvgIpc) is 2.40. The Morgan fingerprint density at radius 3 is 2.67 bits per heavy atom. The summed E-state index contributed by atoms with van der Waals surface area (Å²) in [5, 5.41) is 0. The van der Waals surface area contributed by atoms with E-state index >= 15 is 0 Å². The number of hydrogen-bond donors (Lipinski definition) is 0. The molecular formula is C14H26O. The van der Waals surface area contributed by atoms with Gasteiger partial charge in [0.25, 0.3) is 0 Å². The summed E-state index contributed by atoms with van der Waals surface area (Å²) in [6.07, 6.45) is 8.44. The molecule has 4 atom stereocenters. The van der Waals surface area contributed by atoms with Gasteiger partial charge in [0.1, 0.15) is 0 Å². The Hall–Kier alpha value is -0.0400. The maximum absolute atomic E-state index is 6.39. The van der Waals surface area contributed by atoms with Crippen molar-refractivity contribution in [2.45, 2.75) is 77.9 Å². The Labute approximate surface area is 94.6 Å². The van der Waals surface area contributed by atoms with Crippen LogP contribution in [0.2, 0.25) is 0 Å². The van der Waals surface area contributed by atoms with E-state index in [0.29, 0.717) is 11.5 Å². The summed E-state index contributed by atoms with van der Waals surface area (Å²) in [7, 11) is 0. The highest BCUT2D eigenvalue weighted by molar-refractivity contribution is 5.04. The molecule has 2 bridgehead atoms. The van der Waals surface area contributed by atoms with Gasteiger partial charge < -0.3 is 4.74 Å². The van der Waals surface area contributed by atoms with E-state index in [-0.39, 0.29) is 5.60 Å². The van der Waals surface area contributed by atoms with Gasteiger partial charge in [0.2, 0.25) is 0 Å². The topological polar surface area (TPSA) is 9.23 Å². The third-order valence-electron chi connectivity index (χ3n) is 4.95. The summed E-state index contributed by atoms with van der Waals surface area (Å²) in [6.45, 7) is 9.42. The van der Waals surface area contributed by atoms with Gasteiger partial charge >= 0.3 is 0 Å². The quantitative estimate of drug-likeness (QED) is 0.679. The molecule has 1 heteroatoms. The fourth-order valence-electron chi connectivity index (χ4n) is 3.61. The van der Waals surface area contributed by atoms with Crippen LogP contribution in [-0.2, 0) is 4.74 Å². The average molecular weight is 210 g/mol. The third-order valence-corrected chi connectivity index (χ3v) is 4.95. The second-order valence-electron chi connectivity index (χ2n) is 6.33. The first-order valence-electron chi connectivity index (χ1n) is 6.68. The number of unbranched alkanes of at least 4 members (excludes halogenated alkanes) is 1. The summed E-state index contributed by atoms with van der Waals surface area (Å²) in [5.41, 5.74) is 0.668. The fourth-order valence-corrected chi connectivity index (χ4v) is 3.61. The van der Waals surface area contributed by atoms with Crippen LogP contribution in [0.3, 0.4) is 0 Å². The molecule has 1 saturated heterocycles. The molecule has 2 rings (SSSR count). The van der Waals surface area contributed by atoms with Crippen LogP contribution < -0.4 is 0 Å². The molecular weight excluding hydrogens is 184 g/mol. The number of rotatable bonds is 3. The lowest BCUT2D eigenvalue weighted by atomic mass is 9.65. The van der Waals surface area contributed by atoms with Crippen LogP contribution in [0.25, 0.3) is 0 Å². The summed E-state index contributed by atoms with van der Waals surface area (Å²) in [4.78, 5) is 0. The van der Waals surface area contributed by atoms with Gasteiger partial charge in [-0.15, -0.1) is 0 Å². The first-order valence-corrected chi connectivity index (χ1v) is 6.68. The summed E-state index contributed by atoms with van der Waals surface area (Å²) >= 11 is 0. The Kier molecular flexibility index (Phi) is 2.87. The van der Waals surface area contributed by atoms with Crippen molar-refractivity contribution in [3.8, 4) is 0 Å². The van der Waals surface area contributed by atoms with Crippen molar-refractivity contribution in [2.75, 3.05) is 0 Å². The third kappa shape index (κ3) is 1.84. The highest BCUT2D eigenvalue weighted by atomic mass is 16.5. The van der Waals surface area contributed by atoms with E-state index in [1.54, 1.807) is 0 Å². The van der Waals surface area contributed by atoms with E-state index < -0.39 is 0 Å². The molecule has 1 saturated carbocycles. The van der Waals surface area contributed by atoms with E-state index in [1.165, 1.54) is 38.5 Å². The molecule has 1 aliphatic heterocycles. The Morgan fingerprint density at radius 1 is 1.33 bits per heavy atom. The molecule has 1 heterocycles. The van der Waals surface area contributed by atoms with Crippen LogP contribution in [0.15, 0.2) is 0 Å². The molecule has 2 aliphatic rings. The van der Waals surface area contributed by atoms with E-state index in [2.05, 4.69) is 27.7 Å². The van der Waals surface area contributed by atoms with Crippen molar-refractivity contribution in [3.05, 3.63) is 0 Å². The number of fused-ring (bicyclic) bond motifs is 2. The molecule has 2 fully saturated rings. The van der Waals surface area contributed by atoms with Gasteiger partial charge in [-0.1, -0.05) is 33.6 Å². The monoisotopic (exact) mass is 210 g/mol. The molecule has 0 aromatic carbocycles. The zero-order valence-corrected chi connectivity index (χ0v) is 10.8. The van der Waals surface area contributed by atoms with Crippen LogP contribution in [0.4, 0.5) is 0 Å². The van der Waals surface area contributed by atoms with Crippen LogP contribution in [0.5, 0.6) is 0 Å². The van der Waals surface area contributed by atoms with Crippen molar-refractivity contribution in [1.29, 1.82) is 0 Å². The molecule has 1 aliphatic carbocycles. The van der Waals surface area contributed by atoms with Crippen LogP contribution in [-0.4, -0.2) is 11.7 Å². The molecule has 88 valence electrons. The minimum atomic E-state index is 0.186. The first-order chi connectivity index (χ1) is 7.00. The lowest BCUT2D eigenvalue weighted by Gasteiger charge is -2.38. The Bertz CT molecular complexity index is 237. The van der Waals surface area contributed by atoms with Gasteiger partial charge in [-0.25, -0.2) is 0 Å². The fraction of sp³-hybridized carbons (Fsp3) is 1.00. The molecule has 0 amide bonds. The predicted octanol–water partition coefficient (Wildman–Crippen LogP) is 4.16. The highest BCUT2D eigenvalue weighted by Crippen LogP contribution is 2.56. The molecule has 1 nitrogen and oxygen atoms in total. The number of hydrogen-bond acceptors (Lipinski definition) is 1. The van der Waals surface area contributed by atoms with E-state index in [9.17, 15) is 0 Å². The second kappa shape index (κ2) is 3.76. The van der Waals surface area contributed by atoms with Crippen LogP contribution in [0.1, 0.15) is 66.2 Å². The van der Waals surface area contributed by atoms with Gasteiger partial charge in [0.15, 0.2) is 0 Å². The standard InChI is InChI=1S/C14H26O/c1-5-6-7-12-13(3)9-8-11(2)14(4,10-13)15-12/h11-12H,5-10H2,1-4H3/t11?,12?,13-,14?/m0/s1. The normalized spacial score (nSPS) is 49.6. The second-order valence-corrected chi connectivity index (χ2v) is 6.33. The van der Waals surface area contributed by atoms with Crippen molar-refractivity contribution >= 4 is 0 Å². The van der Waals surface area contributed by atoms with Gasteiger partial charge in [-0.3, -0.25) is 0 Å². The molecule has 0 radical (unpaired) electrons. The maximum atomic E-state index is 6.39. The minimum Gasteiger partial charge on any atom is -0.371 e. The van der Waals surface area contributed by atoms with E-state index in [0.717, 1.165) is 5.92 Å². The summed E-state index contributed by atoms with van der Waals surface area (Å²) in [5.74, 6) is 0.747. The van der Waals surface area contributed by atoms with Crippen LogP contribution in [0, 0.1) is 11.3 Å². The lowest BCUT2D eigenvalue weighted by molar-refractivity contribution is -0.0638. The van der Waals surface area contributed by atoms with E-state index in [1.807, 2.05) is 0 Å². The van der Waals surface area contributed by atoms with Crippen molar-refractivity contribution in [1.82, 2.24) is 0 Å². The smallest absolute Gasteiger partial charge is 0.0690 e. The first kappa shape index (κ1) is 11.4. The molecule has 15 heavy (non-hydrogen) atoms. The van der Waals surface area contributed by atoms with Crippen molar-refractivity contribution < 1.29 is 4.74 Å². The van der Waals surface area contributed by atoms with Crippen LogP contribution >= 0.6 is 0 Å². The zero-order chi connectivity index (χ0) is 11.1. The molecule has 0 aromatic rings. The van der Waals surface area contributed by atoms with Gasteiger partial charge in [-0.05, 0) is 43.9 Å². The van der Waals surface area contributed by atoms with Gasteiger partial charge in [0.05, 0.1) is 11.7 Å². The lowest BCUT2D eigenvalue weighted by Crippen LogP contribution is -2.37. The molecule has 0 aromatic heterocycles.